The Morgan fingerprint density at radius 3 is 2.60 bits per heavy atom. The van der Waals surface area contributed by atoms with E-state index in [0.29, 0.717) is 12.8 Å². The summed E-state index contributed by atoms with van der Waals surface area (Å²) in [7, 11) is 0. The van der Waals surface area contributed by atoms with Gasteiger partial charge in [-0.05, 0) is 25.0 Å². The quantitative estimate of drug-likeness (QED) is 0.666. The Bertz CT molecular complexity index is 372. The third-order valence-corrected chi connectivity index (χ3v) is 2.60. The van der Waals surface area contributed by atoms with Gasteiger partial charge in [-0.2, -0.15) is 0 Å². The molecule has 1 aromatic rings. The predicted octanol–water partition coefficient (Wildman–Crippen LogP) is 0.645. The van der Waals surface area contributed by atoms with Gasteiger partial charge >= 0.3 is 0 Å². The highest BCUT2D eigenvalue weighted by Crippen LogP contribution is 2.21. The maximum absolute atomic E-state index is 11.6. The van der Waals surface area contributed by atoms with Gasteiger partial charge in [0.15, 0.2) is 0 Å². The van der Waals surface area contributed by atoms with Crippen LogP contribution in [0, 0.1) is 0 Å². The SMILES string of the molecule is O=C(NC1CC(O)C1)c1ccccc1O. The normalized spacial score (nSPS) is 24.3. The van der Waals surface area contributed by atoms with Crippen LogP contribution in [0.4, 0.5) is 0 Å². The molecule has 80 valence electrons. The first-order valence-corrected chi connectivity index (χ1v) is 4.93. The Labute approximate surface area is 87.6 Å². The predicted molar refractivity (Wildman–Crippen MR) is 54.6 cm³/mol. The Morgan fingerprint density at radius 2 is 2.00 bits per heavy atom. The van der Waals surface area contributed by atoms with Crippen molar-refractivity contribution in [1.82, 2.24) is 5.32 Å². The lowest BCUT2D eigenvalue weighted by atomic mass is 9.89. The highest BCUT2D eigenvalue weighted by atomic mass is 16.3. The molecular weight excluding hydrogens is 194 g/mol. The highest BCUT2D eigenvalue weighted by molar-refractivity contribution is 5.96. The lowest BCUT2D eigenvalue weighted by Gasteiger charge is -2.31. The summed E-state index contributed by atoms with van der Waals surface area (Å²) in [6, 6.07) is 6.44. The number of rotatable bonds is 2. The zero-order chi connectivity index (χ0) is 10.8. The van der Waals surface area contributed by atoms with E-state index in [2.05, 4.69) is 5.32 Å². The fourth-order valence-corrected chi connectivity index (χ4v) is 1.63. The first-order chi connectivity index (χ1) is 7.16. The minimum Gasteiger partial charge on any atom is -0.507 e. The average Bonchev–Trinajstić information content (AvgIpc) is 2.16. The molecule has 0 saturated heterocycles. The van der Waals surface area contributed by atoms with E-state index in [1.165, 1.54) is 6.07 Å². The summed E-state index contributed by atoms with van der Waals surface area (Å²) in [5.74, 6) is -0.306. The van der Waals surface area contributed by atoms with Gasteiger partial charge in [0, 0.05) is 6.04 Å². The zero-order valence-electron chi connectivity index (χ0n) is 8.18. The monoisotopic (exact) mass is 207 g/mol. The standard InChI is InChI=1S/C11H13NO3/c13-8-5-7(6-8)12-11(15)9-3-1-2-4-10(9)14/h1-4,7-8,13-14H,5-6H2,(H,12,15). The van der Waals surface area contributed by atoms with Gasteiger partial charge in [-0.3, -0.25) is 4.79 Å². The largest absolute Gasteiger partial charge is 0.507 e. The Hall–Kier alpha value is -1.55. The van der Waals surface area contributed by atoms with Crippen molar-refractivity contribution in [2.24, 2.45) is 0 Å². The van der Waals surface area contributed by atoms with Crippen LogP contribution < -0.4 is 5.32 Å². The van der Waals surface area contributed by atoms with Gasteiger partial charge in [-0.15, -0.1) is 0 Å². The smallest absolute Gasteiger partial charge is 0.255 e. The molecule has 0 heterocycles. The van der Waals surface area contributed by atoms with E-state index in [1.54, 1.807) is 18.2 Å². The molecule has 1 fully saturated rings. The highest BCUT2D eigenvalue weighted by Gasteiger charge is 2.28. The van der Waals surface area contributed by atoms with E-state index >= 15 is 0 Å². The molecule has 1 aromatic carbocycles. The molecule has 1 aliphatic rings. The van der Waals surface area contributed by atoms with Crippen molar-refractivity contribution in [2.45, 2.75) is 25.0 Å². The lowest BCUT2D eigenvalue weighted by molar-refractivity contribution is 0.0562. The minimum absolute atomic E-state index is 0.0186. The topological polar surface area (TPSA) is 69.6 Å². The number of hydrogen-bond donors (Lipinski definition) is 3. The third kappa shape index (κ3) is 2.10. The van der Waals surface area contributed by atoms with Gasteiger partial charge in [0.05, 0.1) is 11.7 Å². The number of carbonyl (C=O) groups excluding carboxylic acids is 1. The van der Waals surface area contributed by atoms with Gasteiger partial charge in [-0.1, -0.05) is 12.1 Å². The summed E-state index contributed by atoms with van der Waals surface area (Å²) < 4.78 is 0. The van der Waals surface area contributed by atoms with Crippen LogP contribution in [0.15, 0.2) is 24.3 Å². The summed E-state index contributed by atoms with van der Waals surface area (Å²) in [6.45, 7) is 0. The van der Waals surface area contributed by atoms with Gasteiger partial charge in [0.2, 0.25) is 0 Å². The molecule has 0 unspecified atom stereocenters. The molecule has 1 aliphatic carbocycles. The van der Waals surface area contributed by atoms with Crippen molar-refractivity contribution < 1.29 is 15.0 Å². The molecule has 0 bridgehead atoms. The molecule has 0 atom stereocenters. The van der Waals surface area contributed by atoms with Crippen molar-refractivity contribution >= 4 is 5.91 Å². The Morgan fingerprint density at radius 1 is 1.33 bits per heavy atom. The lowest BCUT2D eigenvalue weighted by Crippen LogP contribution is -2.46. The number of aromatic hydroxyl groups is 1. The number of aliphatic hydroxyl groups excluding tert-OH is 1. The van der Waals surface area contributed by atoms with Gasteiger partial charge in [0.25, 0.3) is 5.91 Å². The number of amides is 1. The number of aliphatic hydroxyl groups is 1. The molecule has 3 N–H and O–H groups in total. The molecule has 0 radical (unpaired) electrons. The van der Waals surface area contributed by atoms with Gasteiger partial charge in [0.1, 0.15) is 5.75 Å². The molecule has 0 spiro atoms. The van der Waals surface area contributed by atoms with E-state index in [-0.39, 0.29) is 29.4 Å². The van der Waals surface area contributed by atoms with Crippen molar-refractivity contribution in [3.63, 3.8) is 0 Å². The van der Waals surface area contributed by atoms with Crippen molar-refractivity contribution in [1.29, 1.82) is 0 Å². The van der Waals surface area contributed by atoms with Crippen LogP contribution in [0.3, 0.4) is 0 Å². The van der Waals surface area contributed by atoms with E-state index in [4.69, 9.17) is 5.11 Å². The molecule has 2 rings (SSSR count). The summed E-state index contributed by atoms with van der Waals surface area (Å²) in [6.07, 6.45) is 0.901. The number of benzene rings is 1. The van der Waals surface area contributed by atoms with Crippen molar-refractivity contribution in [3.8, 4) is 5.75 Å². The average molecular weight is 207 g/mol. The first-order valence-electron chi connectivity index (χ1n) is 4.93. The second-order valence-electron chi connectivity index (χ2n) is 3.81. The Kier molecular flexibility index (Phi) is 2.60. The van der Waals surface area contributed by atoms with Gasteiger partial charge in [-0.25, -0.2) is 0 Å². The van der Waals surface area contributed by atoms with E-state index in [0.717, 1.165) is 0 Å². The zero-order valence-corrected chi connectivity index (χ0v) is 8.18. The number of hydrogen-bond acceptors (Lipinski definition) is 3. The van der Waals surface area contributed by atoms with Crippen LogP contribution in [0.25, 0.3) is 0 Å². The second kappa shape index (κ2) is 3.90. The number of carbonyl (C=O) groups is 1. The fourth-order valence-electron chi connectivity index (χ4n) is 1.63. The summed E-state index contributed by atoms with van der Waals surface area (Å²) in [5.41, 5.74) is 0.277. The maximum Gasteiger partial charge on any atom is 0.255 e. The number of phenols is 1. The van der Waals surface area contributed by atoms with E-state index in [1.807, 2.05) is 0 Å². The van der Waals surface area contributed by atoms with E-state index < -0.39 is 0 Å². The molecule has 4 heteroatoms. The van der Waals surface area contributed by atoms with Crippen LogP contribution in [0.1, 0.15) is 23.2 Å². The van der Waals surface area contributed by atoms with Gasteiger partial charge < -0.3 is 15.5 Å². The second-order valence-corrected chi connectivity index (χ2v) is 3.81. The molecule has 15 heavy (non-hydrogen) atoms. The summed E-state index contributed by atoms with van der Waals surface area (Å²) >= 11 is 0. The van der Waals surface area contributed by atoms with Crippen LogP contribution in [-0.4, -0.2) is 28.3 Å². The maximum atomic E-state index is 11.6. The summed E-state index contributed by atoms with van der Waals surface area (Å²) in [5, 5.41) is 21.2. The molecule has 0 aliphatic heterocycles. The number of para-hydroxylation sites is 1. The third-order valence-electron chi connectivity index (χ3n) is 2.60. The van der Waals surface area contributed by atoms with Crippen molar-refractivity contribution in [2.75, 3.05) is 0 Å². The van der Waals surface area contributed by atoms with Crippen LogP contribution >= 0.6 is 0 Å². The summed E-state index contributed by atoms with van der Waals surface area (Å²) in [4.78, 5) is 11.6. The molecule has 4 nitrogen and oxygen atoms in total. The molecule has 1 amide bonds. The van der Waals surface area contributed by atoms with E-state index in [9.17, 15) is 9.90 Å². The van der Waals surface area contributed by atoms with Crippen LogP contribution in [0.2, 0.25) is 0 Å². The molecule has 0 aromatic heterocycles. The fraction of sp³-hybridized carbons (Fsp3) is 0.364. The molecule has 1 saturated carbocycles. The first kappa shape index (κ1) is 9.98. The number of nitrogens with one attached hydrogen (secondary N) is 1. The van der Waals surface area contributed by atoms with Crippen LogP contribution in [0.5, 0.6) is 5.75 Å². The molecular formula is C11H13NO3. The van der Waals surface area contributed by atoms with Crippen molar-refractivity contribution in [3.05, 3.63) is 29.8 Å². The van der Waals surface area contributed by atoms with Crippen LogP contribution in [-0.2, 0) is 0 Å². The number of phenolic OH excluding ortho intramolecular Hbond substituents is 1. The minimum atomic E-state index is -0.292. The Balaban J connectivity index is 1.99.